The lowest BCUT2D eigenvalue weighted by Crippen LogP contribution is -2.36. The van der Waals surface area contributed by atoms with Gasteiger partial charge in [-0.05, 0) is 69.8 Å². The number of aryl methyl sites for hydroxylation is 2. The molecule has 0 aliphatic carbocycles. The van der Waals surface area contributed by atoms with Gasteiger partial charge in [-0.2, -0.15) is 0 Å². The Labute approximate surface area is 212 Å². The Bertz CT molecular complexity index is 1170. The SMILES string of the molecule is Cc1sc2nc(CN3CCC(C)CC3)nc(N3CCCN(C(=O)Cc4ccccn4)CC3)c2c1C. The lowest BCUT2D eigenvalue weighted by atomic mass is 9.99. The van der Waals surface area contributed by atoms with Crippen LogP contribution in [0.5, 0.6) is 0 Å². The number of piperidine rings is 1. The Kier molecular flexibility index (Phi) is 7.29. The van der Waals surface area contributed by atoms with E-state index in [1.54, 1.807) is 17.5 Å². The molecule has 5 rings (SSSR count). The number of fused-ring (bicyclic) bond motifs is 1. The summed E-state index contributed by atoms with van der Waals surface area (Å²) in [5, 5.41) is 1.19. The highest BCUT2D eigenvalue weighted by molar-refractivity contribution is 7.18. The van der Waals surface area contributed by atoms with Gasteiger partial charge in [0.15, 0.2) is 0 Å². The summed E-state index contributed by atoms with van der Waals surface area (Å²) < 4.78 is 0. The van der Waals surface area contributed by atoms with Crippen molar-refractivity contribution in [2.45, 2.75) is 53.0 Å². The Morgan fingerprint density at radius 3 is 2.66 bits per heavy atom. The summed E-state index contributed by atoms with van der Waals surface area (Å²) in [4.78, 5) is 36.7. The molecule has 0 atom stereocenters. The van der Waals surface area contributed by atoms with E-state index >= 15 is 0 Å². The first-order chi connectivity index (χ1) is 17.0. The fraction of sp³-hybridized carbons (Fsp3) is 0.556. The summed E-state index contributed by atoms with van der Waals surface area (Å²) in [5.74, 6) is 2.95. The number of hydrogen-bond donors (Lipinski definition) is 0. The Morgan fingerprint density at radius 2 is 1.89 bits per heavy atom. The lowest BCUT2D eigenvalue weighted by molar-refractivity contribution is -0.130. The molecule has 0 spiro atoms. The lowest BCUT2D eigenvalue weighted by Gasteiger charge is -2.30. The van der Waals surface area contributed by atoms with Crippen LogP contribution in [0.25, 0.3) is 10.2 Å². The van der Waals surface area contributed by atoms with Gasteiger partial charge in [-0.15, -0.1) is 11.3 Å². The second-order valence-electron chi connectivity index (χ2n) is 10.1. The van der Waals surface area contributed by atoms with Crippen LogP contribution in [0.1, 0.15) is 48.1 Å². The van der Waals surface area contributed by atoms with Crippen LogP contribution in [0, 0.1) is 19.8 Å². The first-order valence-corrected chi connectivity index (χ1v) is 13.7. The quantitative estimate of drug-likeness (QED) is 0.531. The average Bonchev–Trinajstić information content (AvgIpc) is 3.02. The van der Waals surface area contributed by atoms with E-state index in [1.807, 2.05) is 23.1 Å². The zero-order chi connectivity index (χ0) is 24.4. The van der Waals surface area contributed by atoms with Gasteiger partial charge in [0.2, 0.25) is 5.91 Å². The average molecular weight is 493 g/mol. The predicted molar refractivity (Wildman–Crippen MR) is 142 cm³/mol. The van der Waals surface area contributed by atoms with E-state index in [9.17, 15) is 4.79 Å². The second kappa shape index (κ2) is 10.6. The molecule has 1 amide bonds. The van der Waals surface area contributed by atoms with Crippen molar-refractivity contribution in [1.82, 2.24) is 24.8 Å². The highest BCUT2D eigenvalue weighted by atomic mass is 32.1. The van der Waals surface area contributed by atoms with Crippen LogP contribution in [0.2, 0.25) is 0 Å². The summed E-state index contributed by atoms with van der Waals surface area (Å²) in [5.41, 5.74) is 2.11. The maximum absolute atomic E-state index is 13.0. The number of likely N-dealkylation sites (tertiary alicyclic amines) is 1. The zero-order valence-corrected chi connectivity index (χ0v) is 22.0. The molecular formula is C27H36N6OS. The van der Waals surface area contributed by atoms with Crippen LogP contribution in [-0.2, 0) is 17.8 Å². The van der Waals surface area contributed by atoms with Gasteiger partial charge in [0.1, 0.15) is 16.5 Å². The number of carbonyl (C=O) groups excluding carboxylic acids is 1. The van der Waals surface area contributed by atoms with Crippen LogP contribution in [0.15, 0.2) is 24.4 Å². The number of anilines is 1. The highest BCUT2D eigenvalue weighted by Crippen LogP contribution is 2.35. The molecule has 2 fully saturated rings. The smallest absolute Gasteiger partial charge is 0.228 e. The van der Waals surface area contributed by atoms with Crippen LogP contribution >= 0.6 is 11.3 Å². The molecule has 0 radical (unpaired) electrons. The zero-order valence-electron chi connectivity index (χ0n) is 21.2. The number of hydrogen-bond acceptors (Lipinski definition) is 7. The van der Waals surface area contributed by atoms with E-state index in [4.69, 9.17) is 9.97 Å². The molecule has 3 aromatic heterocycles. The third kappa shape index (κ3) is 5.48. The molecule has 3 aromatic rings. The van der Waals surface area contributed by atoms with Gasteiger partial charge in [-0.25, -0.2) is 9.97 Å². The normalized spacial score (nSPS) is 18.3. The van der Waals surface area contributed by atoms with Crippen molar-refractivity contribution < 1.29 is 4.79 Å². The summed E-state index contributed by atoms with van der Waals surface area (Å²) in [7, 11) is 0. The van der Waals surface area contributed by atoms with Crippen molar-refractivity contribution >= 4 is 33.3 Å². The van der Waals surface area contributed by atoms with Crippen LogP contribution in [0.3, 0.4) is 0 Å². The molecule has 0 saturated carbocycles. The highest BCUT2D eigenvalue weighted by Gasteiger charge is 2.25. The molecular weight excluding hydrogens is 456 g/mol. The number of aromatic nitrogens is 3. The predicted octanol–water partition coefficient (Wildman–Crippen LogP) is 4.22. The maximum atomic E-state index is 13.0. The van der Waals surface area contributed by atoms with Crippen molar-refractivity contribution in [1.29, 1.82) is 0 Å². The molecule has 35 heavy (non-hydrogen) atoms. The van der Waals surface area contributed by atoms with Crippen molar-refractivity contribution in [2.75, 3.05) is 44.2 Å². The largest absolute Gasteiger partial charge is 0.354 e. The molecule has 2 aliphatic rings. The second-order valence-corrected chi connectivity index (χ2v) is 11.3. The Morgan fingerprint density at radius 1 is 1.06 bits per heavy atom. The molecule has 7 nitrogen and oxygen atoms in total. The summed E-state index contributed by atoms with van der Waals surface area (Å²) in [6, 6.07) is 5.74. The molecule has 2 saturated heterocycles. The van der Waals surface area contributed by atoms with Gasteiger partial charge in [0.05, 0.1) is 18.4 Å². The third-order valence-corrected chi connectivity index (χ3v) is 8.60. The minimum atomic E-state index is 0.154. The molecule has 0 N–H and O–H groups in total. The summed E-state index contributed by atoms with van der Waals surface area (Å²) >= 11 is 1.78. The monoisotopic (exact) mass is 492 g/mol. The van der Waals surface area contributed by atoms with Crippen molar-refractivity contribution in [3.05, 3.63) is 46.4 Å². The molecule has 8 heteroatoms. The molecule has 0 bridgehead atoms. The summed E-state index contributed by atoms with van der Waals surface area (Å²) in [6.45, 7) is 12.9. The minimum Gasteiger partial charge on any atom is -0.354 e. The van der Waals surface area contributed by atoms with E-state index < -0.39 is 0 Å². The van der Waals surface area contributed by atoms with Gasteiger partial charge in [-0.1, -0.05) is 13.0 Å². The first kappa shape index (κ1) is 24.1. The van der Waals surface area contributed by atoms with Crippen molar-refractivity contribution in [3.63, 3.8) is 0 Å². The van der Waals surface area contributed by atoms with E-state index in [0.717, 1.165) is 73.8 Å². The Balaban J connectivity index is 1.35. The molecule has 0 unspecified atom stereocenters. The molecule has 186 valence electrons. The third-order valence-electron chi connectivity index (χ3n) is 7.50. The van der Waals surface area contributed by atoms with Gasteiger partial charge >= 0.3 is 0 Å². The topological polar surface area (TPSA) is 65.5 Å². The molecule has 2 aliphatic heterocycles. The fourth-order valence-corrected chi connectivity index (χ4v) is 6.18. The van der Waals surface area contributed by atoms with Crippen LogP contribution in [-0.4, -0.2) is 69.9 Å². The van der Waals surface area contributed by atoms with E-state index in [1.165, 1.54) is 28.7 Å². The molecule has 5 heterocycles. The number of nitrogens with zero attached hydrogens (tertiary/aromatic N) is 6. The maximum Gasteiger partial charge on any atom is 0.228 e. The van der Waals surface area contributed by atoms with Crippen LogP contribution < -0.4 is 4.90 Å². The van der Waals surface area contributed by atoms with Gasteiger partial charge in [-0.3, -0.25) is 14.7 Å². The summed E-state index contributed by atoms with van der Waals surface area (Å²) in [6.07, 6.45) is 5.54. The number of pyridine rings is 1. The van der Waals surface area contributed by atoms with Gasteiger partial charge in [0.25, 0.3) is 0 Å². The molecule has 0 aromatic carbocycles. The first-order valence-electron chi connectivity index (χ1n) is 12.9. The number of amides is 1. The van der Waals surface area contributed by atoms with E-state index in [0.29, 0.717) is 13.0 Å². The number of rotatable bonds is 5. The van der Waals surface area contributed by atoms with Crippen molar-refractivity contribution in [3.8, 4) is 0 Å². The van der Waals surface area contributed by atoms with E-state index in [-0.39, 0.29) is 5.91 Å². The minimum absolute atomic E-state index is 0.154. The standard InChI is InChI=1S/C27H36N6OS/c1-19-8-13-31(14-9-19)18-23-29-26(25-20(2)21(3)35-27(25)30-23)33-12-6-11-32(15-16-33)24(34)17-22-7-4-5-10-28-22/h4-5,7,10,19H,6,8-9,11-18H2,1-3H3. The van der Waals surface area contributed by atoms with Crippen molar-refractivity contribution in [2.24, 2.45) is 5.92 Å². The van der Waals surface area contributed by atoms with Gasteiger partial charge < -0.3 is 9.80 Å². The number of thiophene rings is 1. The fourth-order valence-electron chi connectivity index (χ4n) is 5.14. The van der Waals surface area contributed by atoms with Crippen LogP contribution in [0.4, 0.5) is 5.82 Å². The van der Waals surface area contributed by atoms with E-state index in [2.05, 4.69) is 35.6 Å². The Hall–Kier alpha value is -2.58. The number of carbonyl (C=O) groups is 1. The van der Waals surface area contributed by atoms with Gasteiger partial charge in [0, 0.05) is 42.9 Å².